The van der Waals surface area contributed by atoms with Gasteiger partial charge in [-0.3, -0.25) is 10.1 Å². The van der Waals surface area contributed by atoms with Gasteiger partial charge in [0.05, 0.1) is 6.10 Å². The van der Waals surface area contributed by atoms with Crippen LogP contribution in [0.3, 0.4) is 0 Å². The highest BCUT2D eigenvalue weighted by molar-refractivity contribution is 7.15. The maximum Gasteiger partial charge on any atom is 0.255 e. The third-order valence-electron chi connectivity index (χ3n) is 4.12. The standard InChI is InChI=1S/C17H20ClN3O2S/c1-10-6-12(18)3-2-11(10)7-14-9-20-17(24-14)21-16(22)15-5-4-13(8-19)23-15/h2-3,6,9,13,15H,4-5,7-8,19H2,1H3,(H,20,21,22)/t13-,15+/m1/s1. The van der Waals surface area contributed by atoms with Gasteiger partial charge < -0.3 is 10.5 Å². The number of amides is 1. The van der Waals surface area contributed by atoms with Crippen LogP contribution in [-0.2, 0) is 16.0 Å². The average molecular weight is 366 g/mol. The zero-order chi connectivity index (χ0) is 17.1. The Morgan fingerprint density at radius 3 is 3.04 bits per heavy atom. The fourth-order valence-electron chi connectivity index (χ4n) is 2.75. The summed E-state index contributed by atoms with van der Waals surface area (Å²) in [5, 5.41) is 4.18. The number of anilines is 1. The van der Waals surface area contributed by atoms with Crippen LogP contribution in [0.4, 0.5) is 5.13 Å². The molecule has 1 aromatic carbocycles. The van der Waals surface area contributed by atoms with Crippen LogP contribution >= 0.6 is 22.9 Å². The molecule has 0 unspecified atom stereocenters. The summed E-state index contributed by atoms with van der Waals surface area (Å²) in [6, 6.07) is 5.86. The monoisotopic (exact) mass is 365 g/mol. The van der Waals surface area contributed by atoms with Crippen molar-refractivity contribution < 1.29 is 9.53 Å². The van der Waals surface area contributed by atoms with Gasteiger partial charge in [-0.1, -0.05) is 17.7 Å². The third-order valence-corrected chi connectivity index (χ3v) is 5.26. The highest BCUT2D eigenvalue weighted by atomic mass is 35.5. The Hall–Kier alpha value is -1.47. The number of thiazole rings is 1. The molecule has 2 heterocycles. The Morgan fingerprint density at radius 1 is 1.50 bits per heavy atom. The molecule has 7 heteroatoms. The first kappa shape index (κ1) is 17.4. The Labute approximate surface area is 150 Å². The van der Waals surface area contributed by atoms with Gasteiger partial charge in [-0.15, -0.1) is 11.3 Å². The largest absolute Gasteiger partial charge is 0.364 e. The molecule has 1 fully saturated rings. The molecule has 2 aromatic rings. The zero-order valence-corrected chi connectivity index (χ0v) is 15.0. The van der Waals surface area contributed by atoms with Crippen molar-refractivity contribution in [1.82, 2.24) is 4.98 Å². The first-order chi connectivity index (χ1) is 11.5. The van der Waals surface area contributed by atoms with Crippen molar-refractivity contribution in [3.05, 3.63) is 45.4 Å². The van der Waals surface area contributed by atoms with Gasteiger partial charge in [0, 0.05) is 29.1 Å². The molecule has 3 rings (SSSR count). The lowest BCUT2D eigenvalue weighted by Gasteiger charge is -2.11. The van der Waals surface area contributed by atoms with E-state index in [0.717, 1.165) is 28.3 Å². The van der Waals surface area contributed by atoms with Gasteiger partial charge >= 0.3 is 0 Å². The second kappa shape index (κ2) is 7.61. The number of nitrogens with zero attached hydrogens (tertiary/aromatic N) is 1. The molecule has 0 aliphatic carbocycles. The molecular formula is C17H20ClN3O2S. The fraction of sp³-hybridized carbons (Fsp3) is 0.412. The number of hydrogen-bond donors (Lipinski definition) is 2. The fourth-order valence-corrected chi connectivity index (χ4v) is 3.82. The molecule has 2 atom stereocenters. The molecular weight excluding hydrogens is 346 g/mol. The van der Waals surface area contributed by atoms with Crippen LogP contribution in [0.2, 0.25) is 5.02 Å². The number of benzene rings is 1. The third kappa shape index (κ3) is 4.13. The summed E-state index contributed by atoms with van der Waals surface area (Å²) in [5.41, 5.74) is 7.92. The van der Waals surface area contributed by atoms with Crippen molar-refractivity contribution in [2.75, 3.05) is 11.9 Å². The van der Waals surface area contributed by atoms with Gasteiger partial charge in [0.15, 0.2) is 5.13 Å². The van der Waals surface area contributed by atoms with E-state index in [2.05, 4.69) is 10.3 Å². The molecule has 0 bridgehead atoms. The molecule has 0 spiro atoms. The highest BCUT2D eigenvalue weighted by Gasteiger charge is 2.30. The van der Waals surface area contributed by atoms with Crippen LogP contribution < -0.4 is 11.1 Å². The van der Waals surface area contributed by atoms with Crippen LogP contribution in [0.5, 0.6) is 0 Å². The van der Waals surface area contributed by atoms with E-state index in [9.17, 15) is 4.79 Å². The van der Waals surface area contributed by atoms with E-state index in [1.54, 1.807) is 6.20 Å². The van der Waals surface area contributed by atoms with Crippen LogP contribution in [0.25, 0.3) is 0 Å². The van der Waals surface area contributed by atoms with Crippen molar-refractivity contribution in [3.63, 3.8) is 0 Å². The van der Waals surface area contributed by atoms with Crippen molar-refractivity contribution >= 4 is 34.0 Å². The number of carbonyl (C=O) groups is 1. The summed E-state index contributed by atoms with van der Waals surface area (Å²) in [7, 11) is 0. The smallest absolute Gasteiger partial charge is 0.255 e. The van der Waals surface area contributed by atoms with Crippen LogP contribution in [0, 0.1) is 6.92 Å². The zero-order valence-electron chi connectivity index (χ0n) is 13.4. The summed E-state index contributed by atoms with van der Waals surface area (Å²) >= 11 is 7.47. The lowest BCUT2D eigenvalue weighted by Crippen LogP contribution is -2.29. The predicted molar refractivity (Wildman–Crippen MR) is 96.7 cm³/mol. The number of nitrogens with one attached hydrogen (secondary N) is 1. The summed E-state index contributed by atoms with van der Waals surface area (Å²) in [5.74, 6) is -0.144. The number of rotatable bonds is 5. The van der Waals surface area contributed by atoms with E-state index >= 15 is 0 Å². The molecule has 24 heavy (non-hydrogen) atoms. The van der Waals surface area contributed by atoms with Gasteiger partial charge in [0.2, 0.25) is 0 Å². The summed E-state index contributed by atoms with van der Waals surface area (Å²) < 4.78 is 5.60. The molecule has 128 valence electrons. The van der Waals surface area contributed by atoms with E-state index in [4.69, 9.17) is 22.1 Å². The van der Waals surface area contributed by atoms with Gasteiger partial charge in [-0.05, 0) is 43.0 Å². The van der Waals surface area contributed by atoms with E-state index < -0.39 is 6.10 Å². The number of aryl methyl sites for hydroxylation is 1. The number of halogens is 1. The van der Waals surface area contributed by atoms with Gasteiger partial charge in [0.1, 0.15) is 6.10 Å². The maximum atomic E-state index is 12.2. The van der Waals surface area contributed by atoms with E-state index in [1.807, 2.05) is 25.1 Å². The van der Waals surface area contributed by atoms with Crippen LogP contribution in [-0.4, -0.2) is 29.6 Å². The molecule has 1 saturated heterocycles. The first-order valence-corrected chi connectivity index (χ1v) is 9.10. The second-order valence-electron chi connectivity index (χ2n) is 5.93. The SMILES string of the molecule is Cc1cc(Cl)ccc1Cc1cnc(NC(=O)[C@@H]2CC[C@H](CN)O2)s1. The lowest BCUT2D eigenvalue weighted by molar-refractivity contribution is -0.126. The van der Waals surface area contributed by atoms with Gasteiger partial charge in [-0.25, -0.2) is 4.98 Å². The molecule has 1 aliphatic rings. The summed E-state index contributed by atoms with van der Waals surface area (Å²) in [6.45, 7) is 2.49. The number of carbonyl (C=O) groups excluding carboxylic acids is 1. The molecule has 3 N–H and O–H groups in total. The van der Waals surface area contributed by atoms with Crippen molar-refractivity contribution in [3.8, 4) is 0 Å². The summed E-state index contributed by atoms with van der Waals surface area (Å²) in [4.78, 5) is 17.6. The number of ether oxygens (including phenoxy) is 1. The quantitative estimate of drug-likeness (QED) is 0.853. The molecule has 1 aliphatic heterocycles. The number of nitrogens with two attached hydrogens (primary N) is 1. The minimum absolute atomic E-state index is 0.0134. The van der Waals surface area contributed by atoms with E-state index in [0.29, 0.717) is 18.1 Å². The Balaban J connectivity index is 1.60. The van der Waals surface area contributed by atoms with E-state index in [-0.39, 0.29) is 12.0 Å². The van der Waals surface area contributed by atoms with Gasteiger partial charge in [0.25, 0.3) is 5.91 Å². The second-order valence-corrected chi connectivity index (χ2v) is 7.48. The minimum Gasteiger partial charge on any atom is -0.364 e. The predicted octanol–water partition coefficient (Wildman–Crippen LogP) is 3.14. The van der Waals surface area contributed by atoms with Crippen LogP contribution in [0.1, 0.15) is 28.8 Å². The number of hydrogen-bond acceptors (Lipinski definition) is 5. The Morgan fingerprint density at radius 2 is 2.33 bits per heavy atom. The maximum absolute atomic E-state index is 12.2. The van der Waals surface area contributed by atoms with Crippen molar-refractivity contribution in [2.45, 2.75) is 38.4 Å². The van der Waals surface area contributed by atoms with E-state index in [1.165, 1.54) is 16.9 Å². The van der Waals surface area contributed by atoms with Crippen LogP contribution in [0.15, 0.2) is 24.4 Å². The number of aromatic nitrogens is 1. The van der Waals surface area contributed by atoms with Crippen molar-refractivity contribution in [2.24, 2.45) is 5.73 Å². The molecule has 1 amide bonds. The lowest BCUT2D eigenvalue weighted by atomic mass is 10.1. The Bertz CT molecular complexity index is 734. The molecule has 0 radical (unpaired) electrons. The topological polar surface area (TPSA) is 77.2 Å². The highest BCUT2D eigenvalue weighted by Crippen LogP contribution is 2.25. The Kier molecular flexibility index (Phi) is 5.50. The molecule has 0 saturated carbocycles. The average Bonchev–Trinajstić information content (AvgIpc) is 3.19. The van der Waals surface area contributed by atoms with Gasteiger partial charge in [-0.2, -0.15) is 0 Å². The van der Waals surface area contributed by atoms with Crippen molar-refractivity contribution in [1.29, 1.82) is 0 Å². The first-order valence-electron chi connectivity index (χ1n) is 7.91. The minimum atomic E-state index is -0.426. The molecule has 5 nitrogen and oxygen atoms in total. The normalized spacial score (nSPS) is 20.3. The molecule has 1 aromatic heterocycles. The summed E-state index contributed by atoms with van der Waals surface area (Å²) in [6.07, 6.45) is 3.66.